The Kier molecular flexibility index (Phi) is 6.52. The molecule has 0 fully saturated rings. The van der Waals surface area contributed by atoms with Crippen molar-refractivity contribution in [1.82, 2.24) is 14.5 Å². The Bertz CT molecular complexity index is 1110. The molecule has 1 heterocycles. The van der Waals surface area contributed by atoms with Gasteiger partial charge in [-0.3, -0.25) is 14.3 Å². The van der Waals surface area contributed by atoms with Gasteiger partial charge in [-0.25, -0.2) is 8.89 Å². The summed E-state index contributed by atoms with van der Waals surface area (Å²) in [5.74, 6) is -0.784. The SMILES string of the molecule is CC(=O)c1nn(-c2ccccc2Cl)c(-c2ccc(Cl)cc2)c1CC(=O)NS(C)=O. The number of Topliss-reactive ketones (excluding diaryl/α,β-unsaturated/α-hetero) is 1. The van der Waals surface area contributed by atoms with Crippen LogP contribution in [-0.2, 0) is 22.2 Å². The number of ketones is 1. The summed E-state index contributed by atoms with van der Waals surface area (Å²) < 4.78 is 15.3. The summed E-state index contributed by atoms with van der Waals surface area (Å²) in [6, 6.07) is 14.0. The van der Waals surface area contributed by atoms with Crippen molar-refractivity contribution in [2.75, 3.05) is 6.26 Å². The van der Waals surface area contributed by atoms with E-state index in [-0.39, 0.29) is 17.9 Å². The molecule has 0 aliphatic rings. The zero-order valence-corrected chi connectivity index (χ0v) is 17.9. The molecular weight excluding hydrogens is 433 g/mol. The van der Waals surface area contributed by atoms with Crippen LogP contribution in [0.2, 0.25) is 10.0 Å². The summed E-state index contributed by atoms with van der Waals surface area (Å²) in [4.78, 5) is 24.7. The zero-order valence-electron chi connectivity index (χ0n) is 15.6. The molecule has 0 saturated heterocycles. The monoisotopic (exact) mass is 449 g/mol. The topological polar surface area (TPSA) is 81.1 Å². The lowest BCUT2D eigenvalue weighted by Crippen LogP contribution is -2.26. The van der Waals surface area contributed by atoms with E-state index in [1.165, 1.54) is 13.2 Å². The highest BCUT2D eigenvalue weighted by Gasteiger charge is 2.25. The molecule has 6 nitrogen and oxygen atoms in total. The minimum absolute atomic E-state index is 0.145. The highest BCUT2D eigenvalue weighted by atomic mass is 35.5. The average Bonchev–Trinajstić information content (AvgIpc) is 3.01. The van der Waals surface area contributed by atoms with Gasteiger partial charge in [-0.05, 0) is 24.3 Å². The van der Waals surface area contributed by atoms with Crippen LogP contribution in [0.15, 0.2) is 48.5 Å². The first-order valence-electron chi connectivity index (χ1n) is 8.54. The van der Waals surface area contributed by atoms with Crippen molar-refractivity contribution in [3.63, 3.8) is 0 Å². The molecule has 3 aromatic rings. The maximum atomic E-state index is 12.3. The number of carbonyl (C=O) groups is 2. The lowest BCUT2D eigenvalue weighted by Gasteiger charge is -2.11. The molecule has 9 heteroatoms. The Morgan fingerprint density at radius 3 is 2.34 bits per heavy atom. The van der Waals surface area contributed by atoms with Gasteiger partial charge in [0.2, 0.25) is 5.91 Å². The van der Waals surface area contributed by atoms with Crippen LogP contribution in [0, 0.1) is 0 Å². The van der Waals surface area contributed by atoms with Crippen molar-refractivity contribution in [2.45, 2.75) is 13.3 Å². The number of aromatic nitrogens is 2. The van der Waals surface area contributed by atoms with E-state index in [4.69, 9.17) is 23.2 Å². The highest BCUT2D eigenvalue weighted by Crippen LogP contribution is 2.33. The van der Waals surface area contributed by atoms with E-state index < -0.39 is 16.9 Å². The fourth-order valence-corrected chi connectivity index (χ4v) is 3.69. The Balaban J connectivity index is 2.28. The number of amides is 1. The van der Waals surface area contributed by atoms with E-state index in [1.807, 2.05) is 0 Å². The summed E-state index contributed by atoms with van der Waals surface area (Å²) in [7, 11) is -1.52. The number of hydrogen-bond donors (Lipinski definition) is 1. The van der Waals surface area contributed by atoms with E-state index in [1.54, 1.807) is 53.2 Å². The van der Waals surface area contributed by atoms with Gasteiger partial charge in [0.25, 0.3) is 0 Å². The molecule has 0 spiro atoms. The fourth-order valence-electron chi connectivity index (χ4n) is 2.96. The molecule has 29 heavy (non-hydrogen) atoms. The van der Waals surface area contributed by atoms with Crippen molar-refractivity contribution in [3.8, 4) is 16.9 Å². The van der Waals surface area contributed by atoms with Gasteiger partial charge in [0.15, 0.2) is 5.78 Å². The fraction of sp³-hybridized carbons (Fsp3) is 0.150. The summed E-state index contributed by atoms with van der Waals surface area (Å²) in [5.41, 5.74) is 2.37. The standard InChI is InChI=1S/C20H17Cl2N3O3S/c1-12(26)19-15(11-18(27)24-29(2)28)20(13-7-9-14(21)10-8-13)25(23-19)17-6-4-3-5-16(17)22/h3-10H,11H2,1-2H3,(H,24,27). The third kappa shape index (κ3) is 4.75. The molecule has 0 aliphatic heterocycles. The van der Waals surface area contributed by atoms with Crippen LogP contribution in [0.1, 0.15) is 23.0 Å². The van der Waals surface area contributed by atoms with Gasteiger partial charge in [0.05, 0.1) is 22.8 Å². The summed E-state index contributed by atoms with van der Waals surface area (Å²) >= 11 is 12.4. The number of benzene rings is 2. The van der Waals surface area contributed by atoms with Gasteiger partial charge >= 0.3 is 0 Å². The van der Waals surface area contributed by atoms with Gasteiger partial charge in [-0.1, -0.05) is 47.5 Å². The van der Waals surface area contributed by atoms with Crippen LogP contribution in [0.4, 0.5) is 0 Å². The van der Waals surface area contributed by atoms with Crippen molar-refractivity contribution in [2.24, 2.45) is 0 Å². The van der Waals surface area contributed by atoms with Crippen LogP contribution in [0.3, 0.4) is 0 Å². The summed E-state index contributed by atoms with van der Waals surface area (Å²) in [6.45, 7) is 1.38. The third-order valence-corrected chi connectivity index (χ3v) is 5.20. The molecule has 1 aromatic heterocycles. The first-order valence-corrected chi connectivity index (χ1v) is 10.9. The van der Waals surface area contributed by atoms with Crippen LogP contribution in [0.25, 0.3) is 16.9 Å². The summed E-state index contributed by atoms with van der Waals surface area (Å²) in [6.07, 6.45) is 1.19. The molecule has 0 radical (unpaired) electrons. The van der Waals surface area contributed by atoms with Crippen LogP contribution < -0.4 is 4.72 Å². The molecule has 3 rings (SSSR count). The first-order chi connectivity index (χ1) is 13.8. The number of nitrogens with one attached hydrogen (secondary N) is 1. The van der Waals surface area contributed by atoms with Gasteiger partial charge in [-0.15, -0.1) is 0 Å². The van der Waals surface area contributed by atoms with Gasteiger partial charge in [0.1, 0.15) is 16.7 Å². The molecule has 1 amide bonds. The van der Waals surface area contributed by atoms with Crippen molar-refractivity contribution >= 4 is 45.9 Å². The molecule has 0 saturated carbocycles. The first kappa shape index (κ1) is 21.2. The molecular formula is C20H17Cl2N3O3S. The van der Waals surface area contributed by atoms with Crippen LogP contribution in [-0.4, -0.2) is 31.9 Å². The van der Waals surface area contributed by atoms with Crippen LogP contribution >= 0.6 is 23.2 Å². The lowest BCUT2D eigenvalue weighted by molar-refractivity contribution is -0.118. The predicted molar refractivity (Wildman–Crippen MR) is 115 cm³/mol. The van der Waals surface area contributed by atoms with Crippen molar-refractivity contribution < 1.29 is 13.8 Å². The van der Waals surface area contributed by atoms with Crippen molar-refractivity contribution in [1.29, 1.82) is 0 Å². The second-order valence-electron chi connectivity index (χ2n) is 6.26. The number of nitrogens with zero attached hydrogens (tertiary/aromatic N) is 2. The molecule has 2 aromatic carbocycles. The second-order valence-corrected chi connectivity index (χ2v) is 8.21. The number of carbonyl (C=O) groups excluding carboxylic acids is 2. The van der Waals surface area contributed by atoms with Crippen LogP contribution in [0.5, 0.6) is 0 Å². The van der Waals surface area contributed by atoms with Crippen molar-refractivity contribution in [3.05, 3.63) is 69.8 Å². The Labute approximate surface area is 180 Å². The minimum atomic E-state index is -1.52. The zero-order chi connectivity index (χ0) is 21.1. The number of halogens is 2. The van der Waals surface area contributed by atoms with E-state index in [2.05, 4.69) is 9.82 Å². The summed E-state index contributed by atoms with van der Waals surface area (Å²) in [5, 5.41) is 5.45. The minimum Gasteiger partial charge on any atom is -0.293 e. The predicted octanol–water partition coefficient (Wildman–Crippen LogP) is 4.00. The molecule has 1 N–H and O–H groups in total. The maximum absolute atomic E-state index is 12.3. The average molecular weight is 450 g/mol. The second kappa shape index (κ2) is 8.90. The number of hydrogen-bond acceptors (Lipinski definition) is 4. The highest BCUT2D eigenvalue weighted by molar-refractivity contribution is 7.82. The Morgan fingerprint density at radius 2 is 1.76 bits per heavy atom. The molecule has 1 unspecified atom stereocenters. The Morgan fingerprint density at radius 1 is 1.10 bits per heavy atom. The largest absolute Gasteiger partial charge is 0.293 e. The molecule has 0 aliphatic carbocycles. The normalized spacial score (nSPS) is 11.9. The number of rotatable bonds is 6. The Hall–Kier alpha value is -2.48. The van der Waals surface area contributed by atoms with E-state index in [0.717, 1.165) is 0 Å². The quantitative estimate of drug-likeness (QED) is 0.576. The smallest absolute Gasteiger partial charge is 0.236 e. The van der Waals surface area contributed by atoms with E-state index in [9.17, 15) is 13.8 Å². The number of para-hydroxylation sites is 1. The lowest BCUT2D eigenvalue weighted by atomic mass is 10.0. The van der Waals surface area contributed by atoms with E-state index in [0.29, 0.717) is 32.6 Å². The third-order valence-electron chi connectivity index (χ3n) is 4.11. The van der Waals surface area contributed by atoms with Gasteiger partial charge in [0, 0.05) is 29.3 Å². The van der Waals surface area contributed by atoms with Gasteiger partial charge < -0.3 is 0 Å². The molecule has 0 bridgehead atoms. The van der Waals surface area contributed by atoms with E-state index >= 15 is 0 Å². The van der Waals surface area contributed by atoms with Gasteiger partial charge in [-0.2, -0.15) is 5.10 Å². The molecule has 1 atom stereocenters. The maximum Gasteiger partial charge on any atom is 0.236 e. The molecule has 150 valence electrons.